The molecule has 0 bridgehead atoms. The number of hydrogen-bond acceptors (Lipinski definition) is 2. The second-order valence-electron chi connectivity index (χ2n) is 8.18. The van der Waals surface area contributed by atoms with Crippen LogP contribution < -0.4 is 0 Å². The number of benzene rings is 1. The minimum Gasteiger partial charge on any atom is -0.481 e. The number of rotatable bonds is 18. The quantitative estimate of drug-likeness (QED) is 0.260. The fraction of sp³-hybridized carbons (Fsp3) is 0.720. The van der Waals surface area contributed by atoms with Gasteiger partial charge >= 0.3 is 5.97 Å². The lowest BCUT2D eigenvalue weighted by atomic mass is 9.92. The molecule has 0 heterocycles. The summed E-state index contributed by atoms with van der Waals surface area (Å²) in [5.41, 5.74) is 1.67. The van der Waals surface area contributed by atoms with Crippen LogP contribution in [0.4, 0.5) is 0 Å². The molecule has 2 N–H and O–H groups in total. The topological polar surface area (TPSA) is 57.5 Å². The summed E-state index contributed by atoms with van der Waals surface area (Å²) < 4.78 is 0. The Morgan fingerprint density at radius 2 is 1.18 bits per heavy atom. The van der Waals surface area contributed by atoms with Gasteiger partial charge in [0, 0.05) is 0 Å². The second-order valence-corrected chi connectivity index (χ2v) is 8.18. The minimum absolute atomic E-state index is 0.00300. The number of unbranched alkanes of at least 4 members (excludes halogenated alkanes) is 13. The van der Waals surface area contributed by atoms with E-state index in [0.29, 0.717) is 6.42 Å². The van der Waals surface area contributed by atoms with Crippen LogP contribution in [0.15, 0.2) is 24.3 Å². The van der Waals surface area contributed by atoms with Crippen molar-refractivity contribution in [2.45, 2.75) is 116 Å². The first-order chi connectivity index (χ1) is 13.7. The largest absolute Gasteiger partial charge is 0.481 e. The maximum Gasteiger partial charge on any atom is 0.310 e. The van der Waals surface area contributed by atoms with Gasteiger partial charge in [0.05, 0.1) is 12.5 Å². The van der Waals surface area contributed by atoms with Crippen molar-refractivity contribution in [3.63, 3.8) is 0 Å². The molecule has 0 aliphatic heterocycles. The standard InChI is InChI=1S/C25H42O3/c1-2-3-4-5-6-7-8-9-10-11-12-13-14-15-16-24(25(27)28)23-19-17-22(21-26)18-20-23/h17-20,24,26H,2-16,21H2,1H3,(H,27,28). The third-order valence-electron chi connectivity index (χ3n) is 5.71. The highest BCUT2D eigenvalue weighted by Crippen LogP contribution is 2.24. The molecular weight excluding hydrogens is 348 g/mol. The summed E-state index contributed by atoms with van der Waals surface area (Å²) in [5.74, 6) is -1.17. The molecule has 1 rings (SSSR count). The third-order valence-corrected chi connectivity index (χ3v) is 5.71. The van der Waals surface area contributed by atoms with Gasteiger partial charge in [0.25, 0.3) is 0 Å². The fourth-order valence-corrected chi connectivity index (χ4v) is 3.83. The number of carbonyl (C=O) groups is 1. The van der Waals surface area contributed by atoms with Gasteiger partial charge in [0.2, 0.25) is 0 Å². The molecule has 0 spiro atoms. The van der Waals surface area contributed by atoms with Crippen LogP contribution in [0.3, 0.4) is 0 Å². The smallest absolute Gasteiger partial charge is 0.310 e. The molecular formula is C25H42O3. The summed E-state index contributed by atoms with van der Waals surface area (Å²) in [6.45, 7) is 2.26. The summed E-state index contributed by atoms with van der Waals surface area (Å²) in [4.78, 5) is 11.6. The van der Waals surface area contributed by atoms with Crippen LogP contribution >= 0.6 is 0 Å². The van der Waals surface area contributed by atoms with Crippen molar-refractivity contribution in [1.82, 2.24) is 0 Å². The lowest BCUT2D eigenvalue weighted by Crippen LogP contribution is -2.11. The van der Waals surface area contributed by atoms with Crippen LogP contribution in [-0.2, 0) is 11.4 Å². The van der Waals surface area contributed by atoms with Crippen molar-refractivity contribution in [2.24, 2.45) is 0 Å². The van der Waals surface area contributed by atoms with Gasteiger partial charge < -0.3 is 10.2 Å². The molecule has 1 aromatic rings. The van der Waals surface area contributed by atoms with Crippen molar-refractivity contribution >= 4 is 5.97 Å². The Labute approximate surface area is 172 Å². The molecule has 0 fully saturated rings. The maximum absolute atomic E-state index is 11.6. The van der Waals surface area contributed by atoms with Crippen molar-refractivity contribution in [1.29, 1.82) is 0 Å². The van der Waals surface area contributed by atoms with E-state index in [2.05, 4.69) is 6.92 Å². The molecule has 28 heavy (non-hydrogen) atoms. The third kappa shape index (κ3) is 11.5. The van der Waals surface area contributed by atoms with Crippen LogP contribution in [0.1, 0.15) is 120 Å². The van der Waals surface area contributed by atoms with Crippen LogP contribution in [0.5, 0.6) is 0 Å². The van der Waals surface area contributed by atoms with Crippen LogP contribution in [-0.4, -0.2) is 16.2 Å². The Bertz CT molecular complexity index is 495. The van der Waals surface area contributed by atoms with Crippen molar-refractivity contribution in [2.75, 3.05) is 0 Å². The lowest BCUT2D eigenvalue weighted by Gasteiger charge is -2.13. The fourth-order valence-electron chi connectivity index (χ4n) is 3.83. The summed E-state index contributed by atoms with van der Waals surface area (Å²) in [6.07, 6.45) is 19.1. The van der Waals surface area contributed by atoms with E-state index in [9.17, 15) is 9.90 Å². The average molecular weight is 391 g/mol. The van der Waals surface area contributed by atoms with Crippen LogP contribution in [0, 0.1) is 0 Å². The summed E-state index contributed by atoms with van der Waals surface area (Å²) in [5, 5.41) is 18.6. The molecule has 0 amide bonds. The minimum atomic E-state index is -0.744. The van der Waals surface area contributed by atoms with Gasteiger partial charge in [-0.15, -0.1) is 0 Å². The van der Waals surface area contributed by atoms with Crippen LogP contribution in [0.2, 0.25) is 0 Å². The summed E-state index contributed by atoms with van der Waals surface area (Å²) in [6, 6.07) is 7.31. The van der Waals surface area contributed by atoms with Gasteiger partial charge in [-0.2, -0.15) is 0 Å². The Balaban J connectivity index is 2.02. The normalized spacial score (nSPS) is 12.2. The molecule has 0 saturated carbocycles. The van der Waals surface area contributed by atoms with E-state index in [1.165, 1.54) is 77.0 Å². The van der Waals surface area contributed by atoms with Gasteiger partial charge in [0.15, 0.2) is 0 Å². The van der Waals surface area contributed by atoms with Crippen molar-refractivity contribution < 1.29 is 15.0 Å². The predicted molar refractivity (Wildman–Crippen MR) is 118 cm³/mol. The molecule has 0 aromatic heterocycles. The molecule has 160 valence electrons. The number of aliphatic hydroxyl groups is 1. The lowest BCUT2D eigenvalue weighted by molar-refractivity contribution is -0.139. The van der Waals surface area contributed by atoms with E-state index >= 15 is 0 Å². The van der Waals surface area contributed by atoms with Gasteiger partial charge in [-0.1, -0.05) is 121 Å². The summed E-state index contributed by atoms with van der Waals surface area (Å²) >= 11 is 0. The first-order valence-electron chi connectivity index (χ1n) is 11.6. The molecule has 0 aliphatic carbocycles. The molecule has 3 nitrogen and oxygen atoms in total. The zero-order valence-corrected chi connectivity index (χ0v) is 18.0. The molecule has 1 aromatic carbocycles. The highest BCUT2D eigenvalue weighted by atomic mass is 16.4. The molecule has 0 saturated heterocycles. The predicted octanol–water partition coefficient (Wildman–Crippen LogP) is 7.22. The monoisotopic (exact) mass is 390 g/mol. The van der Waals surface area contributed by atoms with Gasteiger partial charge in [-0.05, 0) is 17.5 Å². The van der Waals surface area contributed by atoms with Crippen LogP contribution in [0.25, 0.3) is 0 Å². The van der Waals surface area contributed by atoms with Gasteiger partial charge in [-0.3, -0.25) is 4.79 Å². The van der Waals surface area contributed by atoms with E-state index in [-0.39, 0.29) is 6.61 Å². The van der Waals surface area contributed by atoms with E-state index in [4.69, 9.17) is 5.11 Å². The Hall–Kier alpha value is -1.35. The highest BCUT2D eigenvalue weighted by molar-refractivity contribution is 5.76. The van der Waals surface area contributed by atoms with Crippen molar-refractivity contribution in [3.8, 4) is 0 Å². The average Bonchev–Trinajstić information content (AvgIpc) is 2.71. The molecule has 1 unspecified atom stereocenters. The molecule has 0 radical (unpaired) electrons. The Kier molecular flexibility index (Phi) is 14.6. The molecule has 0 aliphatic rings. The zero-order chi connectivity index (χ0) is 20.5. The Morgan fingerprint density at radius 3 is 1.57 bits per heavy atom. The van der Waals surface area contributed by atoms with E-state index in [1.807, 2.05) is 24.3 Å². The SMILES string of the molecule is CCCCCCCCCCCCCCCCC(C(=O)O)c1ccc(CO)cc1. The first-order valence-corrected chi connectivity index (χ1v) is 11.6. The van der Waals surface area contributed by atoms with E-state index in [1.54, 1.807) is 0 Å². The number of carboxylic acids is 1. The van der Waals surface area contributed by atoms with Crippen molar-refractivity contribution in [3.05, 3.63) is 35.4 Å². The Morgan fingerprint density at radius 1 is 0.750 bits per heavy atom. The number of hydrogen-bond donors (Lipinski definition) is 2. The van der Waals surface area contributed by atoms with Gasteiger partial charge in [0.1, 0.15) is 0 Å². The van der Waals surface area contributed by atoms with E-state index in [0.717, 1.165) is 24.0 Å². The van der Waals surface area contributed by atoms with E-state index < -0.39 is 11.9 Å². The zero-order valence-electron chi connectivity index (χ0n) is 18.0. The molecule has 3 heteroatoms. The second kappa shape index (κ2) is 16.6. The number of carboxylic acid groups (broad SMARTS) is 1. The summed E-state index contributed by atoms with van der Waals surface area (Å²) in [7, 11) is 0. The van der Waals surface area contributed by atoms with Gasteiger partial charge in [-0.25, -0.2) is 0 Å². The highest BCUT2D eigenvalue weighted by Gasteiger charge is 2.19. The molecule has 1 atom stereocenters. The number of aliphatic hydroxyl groups excluding tert-OH is 1. The first kappa shape index (κ1) is 24.7. The maximum atomic E-state index is 11.6. The number of aliphatic carboxylic acids is 1.